The number of aromatic nitrogens is 2. The van der Waals surface area contributed by atoms with Gasteiger partial charge < -0.3 is 10.8 Å². The molecule has 0 unspecified atom stereocenters. The van der Waals surface area contributed by atoms with E-state index in [-0.39, 0.29) is 6.04 Å². The van der Waals surface area contributed by atoms with Crippen LogP contribution in [0.4, 0.5) is 5.82 Å². The zero-order valence-corrected chi connectivity index (χ0v) is 18.8. The van der Waals surface area contributed by atoms with Crippen LogP contribution in [0.15, 0.2) is 6.20 Å². The molecule has 4 aliphatic rings. The van der Waals surface area contributed by atoms with Crippen molar-refractivity contribution in [3.63, 3.8) is 0 Å². The van der Waals surface area contributed by atoms with Crippen LogP contribution in [0.5, 0.6) is 0 Å². The molecule has 5 rings (SSSR count). The molecule has 3 N–H and O–H groups in total. The van der Waals surface area contributed by atoms with Gasteiger partial charge in [-0.1, -0.05) is 6.92 Å². The van der Waals surface area contributed by atoms with E-state index in [1.807, 2.05) is 4.68 Å². The van der Waals surface area contributed by atoms with E-state index < -0.39 is 5.60 Å². The number of anilines is 1. The smallest absolute Gasteiger partial charge is 0.140 e. The molecule has 0 radical (unpaired) electrons. The highest BCUT2D eigenvalue weighted by Gasteiger charge is 2.58. The summed E-state index contributed by atoms with van der Waals surface area (Å²) in [6.07, 6.45) is 12.7. The number of fused-ring (bicyclic) bond motifs is 5. The zero-order chi connectivity index (χ0) is 21.3. The predicted octanol–water partition coefficient (Wildman–Crippen LogP) is 4.92. The molecule has 1 aromatic heterocycles. The van der Waals surface area contributed by atoms with Crippen molar-refractivity contribution in [1.82, 2.24) is 9.78 Å². The Hall–Kier alpha value is -1.54. The highest BCUT2D eigenvalue weighted by molar-refractivity contribution is 5.47. The standard InChI is InChI=1S/C25H38N4O/c1-15(29-23(27)17(13-26)14-28-29)21-6-7-22-20-5-4-16-12-24(2,30)10-8-18(16)19(20)9-11-25(21,22)3/h14-16,18-22,30H,4-12,27H2,1-3H3/t15-,16+,18-,19+,20+,21+,22-,24+,25+/m0/s1. The quantitative estimate of drug-likeness (QED) is 0.724. The average molecular weight is 411 g/mol. The van der Waals surface area contributed by atoms with E-state index in [0.717, 1.165) is 42.4 Å². The molecule has 0 amide bonds. The number of nitrogen functional groups attached to an aromatic ring is 1. The third kappa shape index (κ3) is 2.93. The highest BCUT2D eigenvalue weighted by Crippen LogP contribution is 2.66. The summed E-state index contributed by atoms with van der Waals surface area (Å²) in [4.78, 5) is 0. The molecule has 5 nitrogen and oxygen atoms in total. The third-order valence-corrected chi connectivity index (χ3v) is 10.2. The first-order valence-corrected chi connectivity index (χ1v) is 12.2. The van der Waals surface area contributed by atoms with Crippen molar-refractivity contribution >= 4 is 5.82 Å². The molecule has 0 aromatic carbocycles. The molecule has 0 saturated heterocycles. The van der Waals surface area contributed by atoms with Gasteiger partial charge in [-0.2, -0.15) is 10.4 Å². The van der Waals surface area contributed by atoms with E-state index >= 15 is 0 Å². The maximum Gasteiger partial charge on any atom is 0.140 e. The van der Waals surface area contributed by atoms with Crippen LogP contribution in [0.1, 0.15) is 90.2 Å². The van der Waals surface area contributed by atoms with Gasteiger partial charge in [0.05, 0.1) is 17.8 Å². The molecule has 4 saturated carbocycles. The minimum atomic E-state index is -0.433. The maximum absolute atomic E-state index is 10.6. The summed E-state index contributed by atoms with van der Waals surface area (Å²) in [5.41, 5.74) is 6.66. The number of hydrogen-bond donors (Lipinski definition) is 2. The Morgan fingerprint density at radius 1 is 1.13 bits per heavy atom. The van der Waals surface area contributed by atoms with Crippen LogP contribution < -0.4 is 5.73 Å². The molecule has 0 bridgehead atoms. The number of nitrogens with zero attached hydrogens (tertiary/aromatic N) is 3. The van der Waals surface area contributed by atoms with Gasteiger partial charge in [-0.15, -0.1) is 0 Å². The molecule has 4 aliphatic carbocycles. The molecule has 4 fully saturated rings. The second-order valence-electron chi connectivity index (χ2n) is 11.6. The van der Waals surface area contributed by atoms with Gasteiger partial charge in [0.1, 0.15) is 17.5 Å². The summed E-state index contributed by atoms with van der Waals surface area (Å²) in [7, 11) is 0. The minimum Gasteiger partial charge on any atom is -0.390 e. The Bertz CT molecular complexity index is 854. The molecule has 1 heterocycles. The Balaban J connectivity index is 1.37. The normalized spacial score (nSPS) is 46.4. The third-order valence-electron chi connectivity index (χ3n) is 10.2. The molecule has 30 heavy (non-hydrogen) atoms. The fourth-order valence-electron chi connectivity index (χ4n) is 8.87. The fraction of sp³-hybridized carbons (Fsp3) is 0.840. The van der Waals surface area contributed by atoms with E-state index in [1.165, 1.54) is 44.9 Å². The summed E-state index contributed by atoms with van der Waals surface area (Å²) in [5.74, 6) is 5.21. The lowest BCUT2D eigenvalue weighted by Crippen LogP contribution is -2.51. The molecule has 9 atom stereocenters. The van der Waals surface area contributed by atoms with Gasteiger partial charge in [0.2, 0.25) is 0 Å². The number of rotatable bonds is 2. The second kappa shape index (κ2) is 6.99. The summed E-state index contributed by atoms with van der Waals surface area (Å²) in [6, 6.07) is 2.41. The molecule has 5 heteroatoms. The van der Waals surface area contributed by atoms with Crippen molar-refractivity contribution in [2.75, 3.05) is 5.73 Å². The van der Waals surface area contributed by atoms with E-state index in [9.17, 15) is 10.4 Å². The van der Waals surface area contributed by atoms with Gasteiger partial charge in [-0.3, -0.25) is 0 Å². The lowest BCUT2D eigenvalue weighted by atomic mass is 9.49. The second-order valence-corrected chi connectivity index (χ2v) is 11.6. The van der Waals surface area contributed by atoms with Crippen molar-refractivity contribution in [2.45, 2.75) is 90.2 Å². The van der Waals surface area contributed by atoms with Gasteiger partial charge in [-0.25, -0.2) is 4.68 Å². The Labute approximate surface area is 181 Å². The Kier molecular flexibility index (Phi) is 4.74. The van der Waals surface area contributed by atoms with Crippen LogP contribution in [-0.4, -0.2) is 20.5 Å². The number of hydrogen-bond acceptors (Lipinski definition) is 4. The van der Waals surface area contributed by atoms with Gasteiger partial charge in [0.15, 0.2) is 0 Å². The first-order chi connectivity index (χ1) is 14.2. The van der Waals surface area contributed by atoms with Crippen molar-refractivity contribution in [3.8, 4) is 6.07 Å². The van der Waals surface area contributed by atoms with Crippen molar-refractivity contribution in [2.24, 2.45) is 40.9 Å². The first kappa shape index (κ1) is 20.4. The molecule has 1 aromatic rings. The molecular formula is C25H38N4O. The Morgan fingerprint density at radius 3 is 2.63 bits per heavy atom. The number of nitriles is 1. The predicted molar refractivity (Wildman–Crippen MR) is 117 cm³/mol. The zero-order valence-electron chi connectivity index (χ0n) is 18.8. The lowest BCUT2D eigenvalue weighted by Gasteiger charge is -2.57. The lowest BCUT2D eigenvalue weighted by molar-refractivity contribution is -0.102. The van der Waals surface area contributed by atoms with E-state index in [4.69, 9.17) is 5.73 Å². The van der Waals surface area contributed by atoms with Crippen molar-refractivity contribution in [1.29, 1.82) is 5.26 Å². The van der Waals surface area contributed by atoms with Crippen LogP contribution in [0, 0.1) is 52.3 Å². The first-order valence-electron chi connectivity index (χ1n) is 12.2. The van der Waals surface area contributed by atoms with Gasteiger partial charge in [0.25, 0.3) is 0 Å². The van der Waals surface area contributed by atoms with Crippen LogP contribution in [-0.2, 0) is 0 Å². The summed E-state index contributed by atoms with van der Waals surface area (Å²) in [5, 5.41) is 24.4. The minimum absolute atomic E-state index is 0.236. The Morgan fingerprint density at radius 2 is 1.90 bits per heavy atom. The van der Waals surface area contributed by atoms with Gasteiger partial charge in [0, 0.05) is 0 Å². The molecular weight excluding hydrogens is 372 g/mol. The summed E-state index contributed by atoms with van der Waals surface area (Å²) in [6.45, 7) is 6.86. The highest BCUT2D eigenvalue weighted by atomic mass is 16.3. The van der Waals surface area contributed by atoms with E-state index in [0.29, 0.717) is 22.7 Å². The van der Waals surface area contributed by atoms with Crippen molar-refractivity contribution < 1.29 is 5.11 Å². The van der Waals surface area contributed by atoms with Gasteiger partial charge >= 0.3 is 0 Å². The summed E-state index contributed by atoms with van der Waals surface area (Å²) >= 11 is 0. The fourth-order valence-corrected chi connectivity index (χ4v) is 8.87. The average Bonchev–Trinajstić information content (AvgIpc) is 3.25. The van der Waals surface area contributed by atoms with Crippen molar-refractivity contribution in [3.05, 3.63) is 11.8 Å². The summed E-state index contributed by atoms with van der Waals surface area (Å²) < 4.78 is 1.92. The molecule has 0 spiro atoms. The van der Waals surface area contributed by atoms with Crippen LogP contribution in [0.25, 0.3) is 0 Å². The van der Waals surface area contributed by atoms with Crippen LogP contribution in [0.3, 0.4) is 0 Å². The van der Waals surface area contributed by atoms with Crippen LogP contribution >= 0.6 is 0 Å². The molecule has 0 aliphatic heterocycles. The topological polar surface area (TPSA) is 87.9 Å². The largest absolute Gasteiger partial charge is 0.390 e. The van der Waals surface area contributed by atoms with E-state index in [2.05, 4.69) is 31.9 Å². The van der Waals surface area contributed by atoms with Gasteiger partial charge in [-0.05, 0) is 113 Å². The number of aliphatic hydroxyl groups is 1. The maximum atomic E-state index is 10.6. The SMILES string of the molecule is C[C@@H]([C@H]1CC[C@H]2[C@@H]3CC[C@@H]4C[C@](C)(O)CC[C@@H]4[C@H]3CC[C@]12C)n1ncc(C#N)c1N. The molecule has 164 valence electrons. The van der Waals surface area contributed by atoms with Crippen LogP contribution in [0.2, 0.25) is 0 Å². The van der Waals surface area contributed by atoms with E-state index in [1.54, 1.807) is 6.20 Å². The number of nitrogens with two attached hydrogens (primary N) is 1. The monoisotopic (exact) mass is 410 g/mol.